The summed E-state index contributed by atoms with van der Waals surface area (Å²) in [5.74, 6) is 0.937. The highest BCUT2D eigenvalue weighted by Gasteiger charge is 2.35. The number of hydrogen-bond acceptors (Lipinski definition) is 4. The van der Waals surface area contributed by atoms with Crippen molar-refractivity contribution < 1.29 is 19.1 Å². The van der Waals surface area contributed by atoms with Gasteiger partial charge in [-0.1, -0.05) is 18.2 Å². The number of benzene rings is 2. The molecular formula is C20H22N2O4. The molecule has 1 atom stereocenters. The molecule has 2 aromatic carbocycles. The van der Waals surface area contributed by atoms with Gasteiger partial charge in [0.25, 0.3) is 0 Å². The molecule has 6 heteroatoms. The van der Waals surface area contributed by atoms with Crippen molar-refractivity contribution in [3.8, 4) is 11.5 Å². The van der Waals surface area contributed by atoms with Gasteiger partial charge < -0.3 is 19.7 Å². The summed E-state index contributed by atoms with van der Waals surface area (Å²) >= 11 is 0. The first-order chi connectivity index (χ1) is 12.6. The minimum absolute atomic E-state index is 0.0529. The van der Waals surface area contributed by atoms with Gasteiger partial charge in [0, 0.05) is 31.3 Å². The average molecular weight is 354 g/mol. The molecule has 0 spiro atoms. The molecule has 1 fully saturated rings. The molecule has 2 amide bonds. The van der Waals surface area contributed by atoms with Crippen molar-refractivity contribution in [2.45, 2.75) is 13.0 Å². The van der Waals surface area contributed by atoms with Crippen molar-refractivity contribution in [2.75, 3.05) is 25.7 Å². The van der Waals surface area contributed by atoms with Crippen LogP contribution in [0.1, 0.15) is 12.0 Å². The Balaban J connectivity index is 1.59. The van der Waals surface area contributed by atoms with E-state index >= 15 is 0 Å². The summed E-state index contributed by atoms with van der Waals surface area (Å²) < 4.78 is 10.3. The second-order valence-corrected chi connectivity index (χ2v) is 6.17. The number of rotatable bonds is 6. The first-order valence-corrected chi connectivity index (χ1v) is 8.46. The molecule has 0 radical (unpaired) electrons. The molecule has 1 saturated heterocycles. The molecule has 6 nitrogen and oxygen atoms in total. The minimum Gasteiger partial charge on any atom is -0.497 e. The van der Waals surface area contributed by atoms with Gasteiger partial charge in [-0.3, -0.25) is 9.59 Å². The quantitative estimate of drug-likeness (QED) is 0.865. The Bertz CT molecular complexity index is 789. The summed E-state index contributed by atoms with van der Waals surface area (Å²) in [6.07, 6.45) is 0.214. The van der Waals surface area contributed by atoms with Crippen LogP contribution in [0.25, 0.3) is 0 Å². The van der Waals surface area contributed by atoms with Crippen LogP contribution in [-0.4, -0.2) is 32.6 Å². The van der Waals surface area contributed by atoms with Crippen LogP contribution in [0.5, 0.6) is 11.5 Å². The maximum absolute atomic E-state index is 12.4. The van der Waals surface area contributed by atoms with Crippen molar-refractivity contribution in [3.05, 3.63) is 54.1 Å². The first kappa shape index (κ1) is 17.8. The largest absolute Gasteiger partial charge is 0.497 e. The number of nitrogens with one attached hydrogen (secondary N) is 1. The number of anilines is 1. The summed E-state index contributed by atoms with van der Waals surface area (Å²) in [6, 6.07) is 14.8. The minimum atomic E-state index is -0.355. The highest BCUT2D eigenvalue weighted by molar-refractivity contribution is 6.00. The number of nitrogens with zero attached hydrogens (tertiary/aromatic N) is 1. The number of ether oxygens (including phenoxy) is 2. The van der Waals surface area contributed by atoms with Crippen LogP contribution in [0.15, 0.2) is 48.5 Å². The van der Waals surface area contributed by atoms with E-state index in [0.29, 0.717) is 18.8 Å². The first-order valence-electron chi connectivity index (χ1n) is 8.46. The molecule has 1 aliphatic rings. The van der Waals surface area contributed by atoms with Crippen LogP contribution < -0.4 is 19.7 Å². The molecule has 0 bridgehead atoms. The van der Waals surface area contributed by atoms with E-state index < -0.39 is 0 Å². The zero-order chi connectivity index (χ0) is 18.5. The van der Waals surface area contributed by atoms with Crippen LogP contribution in [0.3, 0.4) is 0 Å². The fourth-order valence-corrected chi connectivity index (χ4v) is 2.99. The number of carbonyl (C=O) groups excluding carboxylic acids is 2. The molecule has 3 rings (SSSR count). The lowest BCUT2D eigenvalue weighted by Gasteiger charge is -2.17. The van der Waals surface area contributed by atoms with Gasteiger partial charge in [-0.15, -0.1) is 0 Å². The van der Waals surface area contributed by atoms with Gasteiger partial charge in [-0.25, -0.2) is 0 Å². The molecule has 1 aliphatic heterocycles. The smallest absolute Gasteiger partial charge is 0.227 e. The van der Waals surface area contributed by atoms with Gasteiger partial charge in [0.05, 0.1) is 20.1 Å². The van der Waals surface area contributed by atoms with Gasteiger partial charge in [0.2, 0.25) is 11.8 Å². The Labute approximate surface area is 152 Å². The Kier molecular flexibility index (Phi) is 5.41. The molecule has 26 heavy (non-hydrogen) atoms. The fourth-order valence-electron chi connectivity index (χ4n) is 2.99. The van der Waals surface area contributed by atoms with Crippen LogP contribution in [0.2, 0.25) is 0 Å². The third-order valence-corrected chi connectivity index (χ3v) is 4.49. The SMILES string of the molecule is COc1ccc(CNC(=O)[C@H]2CC(=O)N(c3cccc(OC)c3)C2)cc1. The van der Waals surface area contributed by atoms with Crippen molar-refractivity contribution in [1.82, 2.24) is 5.32 Å². The van der Waals surface area contributed by atoms with E-state index in [-0.39, 0.29) is 24.2 Å². The summed E-state index contributed by atoms with van der Waals surface area (Å²) in [4.78, 5) is 26.4. The van der Waals surface area contributed by atoms with Crippen LogP contribution in [0, 0.1) is 5.92 Å². The Morgan fingerprint density at radius 2 is 1.85 bits per heavy atom. The van der Waals surface area contributed by atoms with Crippen LogP contribution in [-0.2, 0) is 16.1 Å². The van der Waals surface area contributed by atoms with Gasteiger partial charge >= 0.3 is 0 Å². The highest BCUT2D eigenvalue weighted by Crippen LogP contribution is 2.28. The molecule has 0 aliphatic carbocycles. The third kappa shape index (κ3) is 3.96. The van der Waals surface area contributed by atoms with E-state index in [1.165, 1.54) is 0 Å². The second-order valence-electron chi connectivity index (χ2n) is 6.17. The Hall–Kier alpha value is -3.02. The summed E-state index contributed by atoms with van der Waals surface area (Å²) in [6.45, 7) is 0.799. The zero-order valence-electron chi connectivity index (χ0n) is 14.9. The number of methoxy groups -OCH3 is 2. The third-order valence-electron chi connectivity index (χ3n) is 4.49. The summed E-state index contributed by atoms with van der Waals surface area (Å²) in [7, 11) is 3.20. The zero-order valence-corrected chi connectivity index (χ0v) is 14.9. The van der Waals surface area contributed by atoms with Crippen molar-refractivity contribution in [3.63, 3.8) is 0 Å². The van der Waals surface area contributed by atoms with Gasteiger partial charge in [-0.05, 0) is 29.8 Å². The lowest BCUT2D eigenvalue weighted by molar-refractivity contribution is -0.126. The van der Waals surface area contributed by atoms with Crippen molar-refractivity contribution in [2.24, 2.45) is 5.92 Å². The molecule has 1 heterocycles. The highest BCUT2D eigenvalue weighted by atomic mass is 16.5. The van der Waals surface area contributed by atoms with Gasteiger partial charge in [0.15, 0.2) is 0 Å². The molecule has 2 aromatic rings. The van der Waals surface area contributed by atoms with E-state index in [1.54, 1.807) is 25.2 Å². The molecular weight excluding hydrogens is 332 g/mol. The molecule has 136 valence electrons. The molecule has 0 saturated carbocycles. The van der Waals surface area contributed by atoms with E-state index in [4.69, 9.17) is 9.47 Å². The molecule has 0 aromatic heterocycles. The van der Waals surface area contributed by atoms with E-state index in [1.807, 2.05) is 42.5 Å². The molecule has 1 N–H and O–H groups in total. The van der Waals surface area contributed by atoms with Crippen LogP contribution >= 0.6 is 0 Å². The van der Waals surface area contributed by atoms with Gasteiger partial charge in [-0.2, -0.15) is 0 Å². The van der Waals surface area contributed by atoms with E-state index in [2.05, 4.69) is 5.32 Å². The number of amides is 2. The van der Waals surface area contributed by atoms with Gasteiger partial charge in [0.1, 0.15) is 11.5 Å². The maximum Gasteiger partial charge on any atom is 0.227 e. The fraction of sp³-hybridized carbons (Fsp3) is 0.300. The average Bonchev–Trinajstić information content (AvgIpc) is 3.08. The topological polar surface area (TPSA) is 67.9 Å². The normalized spacial score (nSPS) is 16.5. The predicted octanol–water partition coefficient (Wildman–Crippen LogP) is 2.37. The lowest BCUT2D eigenvalue weighted by atomic mass is 10.1. The predicted molar refractivity (Wildman–Crippen MR) is 98.3 cm³/mol. The maximum atomic E-state index is 12.4. The lowest BCUT2D eigenvalue weighted by Crippen LogP contribution is -2.32. The summed E-state index contributed by atoms with van der Waals surface area (Å²) in [5.41, 5.74) is 1.73. The Morgan fingerprint density at radius 1 is 1.12 bits per heavy atom. The number of carbonyl (C=O) groups is 2. The van der Waals surface area contributed by atoms with Crippen molar-refractivity contribution >= 4 is 17.5 Å². The standard InChI is InChI=1S/C20H22N2O4/c1-25-17-8-6-14(7-9-17)12-21-20(24)15-10-19(23)22(13-15)16-4-3-5-18(11-16)26-2/h3-9,11,15H,10,12-13H2,1-2H3,(H,21,24)/t15-/m0/s1. The van der Waals surface area contributed by atoms with E-state index in [0.717, 1.165) is 17.0 Å². The Morgan fingerprint density at radius 3 is 2.54 bits per heavy atom. The monoisotopic (exact) mass is 354 g/mol. The van der Waals surface area contributed by atoms with Crippen LogP contribution in [0.4, 0.5) is 5.69 Å². The second kappa shape index (κ2) is 7.91. The summed E-state index contributed by atoms with van der Waals surface area (Å²) in [5, 5.41) is 2.91. The number of hydrogen-bond donors (Lipinski definition) is 1. The van der Waals surface area contributed by atoms with E-state index in [9.17, 15) is 9.59 Å². The van der Waals surface area contributed by atoms with Crippen molar-refractivity contribution in [1.29, 1.82) is 0 Å². The molecule has 0 unspecified atom stereocenters.